The summed E-state index contributed by atoms with van der Waals surface area (Å²) in [5.74, 6) is 0.566. The van der Waals surface area contributed by atoms with Gasteiger partial charge in [0.15, 0.2) is 0 Å². The number of nitrogens with zero attached hydrogens (tertiary/aromatic N) is 1. The summed E-state index contributed by atoms with van der Waals surface area (Å²) in [5, 5.41) is 3.03. The fourth-order valence-corrected chi connectivity index (χ4v) is 2.32. The summed E-state index contributed by atoms with van der Waals surface area (Å²) in [7, 11) is 0. The molecule has 1 amide bonds. The molecule has 1 aromatic heterocycles. The highest BCUT2D eigenvalue weighted by Crippen LogP contribution is 2.24. The molecule has 2 rings (SSSR count). The molecule has 0 atom stereocenters. The highest BCUT2D eigenvalue weighted by Gasteiger charge is 2.21. The van der Waals surface area contributed by atoms with E-state index in [4.69, 9.17) is 0 Å². The van der Waals surface area contributed by atoms with E-state index in [0.717, 1.165) is 32.4 Å². The molecule has 1 saturated carbocycles. The predicted molar refractivity (Wildman–Crippen MR) is 64.0 cm³/mol. The van der Waals surface area contributed by atoms with Crippen LogP contribution in [0.25, 0.3) is 0 Å². The van der Waals surface area contributed by atoms with E-state index < -0.39 is 0 Å². The van der Waals surface area contributed by atoms with Gasteiger partial charge in [-0.3, -0.25) is 4.79 Å². The minimum Gasteiger partial charge on any atom is -0.356 e. The van der Waals surface area contributed by atoms with Gasteiger partial charge in [-0.1, -0.05) is 12.8 Å². The Balaban J connectivity index is 1.59. The monoisotopic (exact) mass is 220 g/mol. The normalized spacial score (nSPS) is 16.5. The molecule has 1 aliphatic carbocycles. The number of rotatable bonds is 5. The predicted octanol–water partition coefficient (Wildman–Crippen LogP) is 2.18. The van der Waals surface area contributed by atoms with E-state index in [-0.39, 0.29) is 5.91 Å². The summed E-state index contributed by atoms with van der Waals surface area (Å²) in [4.78, 5) is 11.7. The van der Waals surface area contributed by atoms with Crippen LogP contribution < -0.4 is 5.32 Å². The molecule has 1 N–H and O–H groups in total. The molecule has 0 radical (unpaired) electrons. The number of aromatic nitrogens is 1. The van der Waals surface area contributed by atoms with Crippen molar-refractivity contribution in [2.75, 3.05) is 6.54 Å². The van der Waals surface area contributed by atoms with Crippen molar-refractivity contribution in [2.24, 2.45) is 5.92 Å². The lowest BCUT2D eigenvalue weighted by molar-refractivity contribution is -0.124. The van der Waals surface area contributed by atoms with Crippen molar-refractivity contribution in [2.45, 2.75) is 38.6 Å². The van der Waals surface area contributed by atoms with Crippen molar-refractivity contribution in [3.05, 3.63) is 24.5 Å². The van der Waals surface area contributed by atoms with Gasteiger partial charge >= 0.3 is 0 Å². The molecular formula is C13H20N2O. The summed E-state index contributed by atoms with van der Waals surface area (Å²) >= 11 is 0. The maximum Gasteiger partial charge on any atom is 0.223 e. The van der Waals surface area contributed by atoms with Crippen LogP contribution in [0.3, 0.4) is 0 Å². The number of carbonyl (C=O) groups excluding carboxylic acids is 1. The molecule has 1 fully saturated rings. The van der Waals surface area contributed by atoms with Gasteiger partial charge in [0.05, 0.1) is 0 Å². The Morgan fingerprint density at radius 2 is 1.94 bits per heavy atom. The topological polar surface area (TPSA) is 34.0 Å². The first-order chi connectivity index (χ1) is 7.86. The van der Waals surface area contributed by atoms with Gasteiger partial charge in [0.1, 0.15) is 0 Å². The zero-order chi connectivity index (χ0) is 11.2. The fourth-order valence-electron chi connectivity index (χ4n) is 2.32. The minimum absolute atomic E-state index is 0.269. The summed E-state index contributed by atoms with van der Waals surface area (Å²) < 4.78 is 2.14. The summed E-state index contributed by atoms with van der Waals surface area (Å²) in [6.45, 7) is 1.78. The van der Waals surface area contributed by atoms with E-state index in [0.29, 0.717) is 5.92 Å². The molecule has 1 heterocycles. The Morgan fingerprint density at radius 3 is 2.62 bits per heavy atom. The number of nitrogens with one attached hydrogen (secondary N) is 1. The van der Waals surface area contributed by atoms with Gasteiger partial charge in [0.25, 0.3) is 0 Å². The van der Waals surface area contributed by atoms with Crippen LogP contribution in [0.5, 0.6) is 0 Å². The second kappa shape index (κ2) is 5.73. The van der Waals surface area contributed by atoms with E-state index in [1.54, 1.807) is 0 Å². The Kier molecular flexibility index (Phi) is 4.03. The van der Waals surface area contributed by atoms with Crippen LogP contribution >= 0.6 is 0 Å². The smallest absolute Gasteiger partial charge is 0.223 e. The van der Waals surface area contributed by atoms with Crippen LogP contribution in [0.15, 0.2) is 24.5 Å². The zero-order valence-electron chi connectivity index (χ0n) is 9.69. The van der Waals surface area contributed by atoms with Gasteiger partial charge in [-0.25, -0.2) is 0 Å². The second-order valence-corrected chi connectivity index (χ2v) is 4.55. The Labute approximate surface area is 96.8 Å². The van der Waals surface area contributed by atoms with Gasteiger partial charge in [-0.2, -0.15) is 0 Å². The fraction of sp³-hybridized carbons (Fsp3) is 0.615. The quantitative estimate of drug-likeness (QED) is 0.758. The van der Waals surface area contributed by atoms with E-state index >= 15 is 0 Å². The minimum atomic E-state index is 0.269. The number of hydrogen-bond acceptors (Lipinski definition) is 1. The molecule has 0 unspecified atom stereocenters. The largest absolute Gasteiger partial charge is 0.356 e. The molecule has 1 aromatic rings. The molecule has 0 bridgehead atoms. The van der Waals surface area contributed by atoms with Gasteiger partial charge in [-0.15, -0.1) is 0 Å². The lowest BCUT2D eigenvalue weighted by Gasteiger charge is -2.10. The molecule has 3 heteroatoms. The zero-order valence-corrected chi connectivity index (χ0v) is 9.69. The van der Waals surface area contributed by atoms with Gasteiger partial charge in [0.2, 0.25) is 5.91 Å². The molecule has 0 aliphatic heterocycles. The van der Waals surface area contributed by atoms with E-state index in [1.807, 2.05) is 12.1 Å². The lowest BCUT2D eigenvalue weighted by atomic mass is 10.1. The van der Waals surface area contributed by atoms with Crippen LogP contribution in [0, 0.1) is 5.92 Å². The average molecular weight is 220 g/mol. The molecule has 3 nitrogen and oxygen atoms in total. The molecule has 1 aliphatic rings. The molecule has 88 valence electrons. The van der Waals surface area contributed by atoms with Gasteiger partial charge in [0, 0.05) is 31.4 Å². The van der Waals surface area contributed by atoms with Gasteiger partial charge in [-0.05, 0) is 31.4 Å². The third-order valence-corrected chi connectivity index (χ3v) is 3.28. The standard InChI is InChI=1S/C13H20N2O/c16-13(12-6-1-2-7-12)14-8-5-11-15-9-3-4-10-15/h3-4,9-10,12H,1-2,5-8,11H2,(H,14,16). The van der Waals surface area contributed by atoms with E-state index in [9.17, 15) is 4.79 Å². The third kappa shape index (κ3) is 3.12. The third-order valence-electron chi connectivity index (χ3n) is 3.28. The average Bonchev–Trinajstić information content (AvgIpc) is 2.96. The first kappa shape index (κ1) is 11.2. The Bertz CT molecular complexity index is 313. The summed E-state index contributed by atoms with van der Waals surface area (Å²) in [6.07, 6.45) is 9.74. The van der Waals surface area contributed by atoms with Crippen molar-refractivity contribution >= 4 is 5.91 Å². The van der Waals surface area contributed by atoms with Crippen molar-refractivity contribution in [1.29, 1.82) is 0 Å². The van der Waals surface area contributed by atoms with Crippen LogP contribution in [0.1, 0.15) is 32.1 Å². The van der Waals surface area contributed by atoms with Crippen LogP contribution in [0.2, 0.25) is 0 Å². The summed E-state index contributed by atoms with van der Waals surface area (Å²) in [6, 6.07) is 4.05. The maximum atomic E-state index is 11.7. The van der Waals surface area contributed by atoms with Crippen molar-refractivity contribution < 1.29 is 4.79 Å². The van der Waals surface area contributed by atoms with Gasteiger partial charge < -0.3 is 9.88 Å². The number of hydrogen-bond donors (Lipinski definition) is 1. The SMILES string of the molecule is O=C(NCCCn1cccc1)C1CCCC1. The molecular weight excluding hydrogens is 200 g/mol. The van der Waals surface area contributed by atoms with Crippen LogP contribution in [-0.2, 0) is 11.3 Å². The lowest BCUT2D eigenvalue weighted by Crippen LogP contribution is -2.30. The summed E-state index contributed by atoms with van der Waals surface area (Å²) in [5.41, 5.74) is 0. The van der Waals surface area contributed by atoms with Crippen LogP contribution in [0.4, 0.5) is 0 Å². The Hall–Kier alpha value is -1.25. The number of amides is 1. The first-order valence-corrected chi connectivity index (χ1v) is 6.25. The van der Waals surface area contributed by atoms with Crippen LogP contribution in [-0.4, -0.2) is 17.0 Å². The highest BCUT2D eigenvalue weighted by molar-refractivity contribution is 5.78. The Morgan fingerprint density at radius 1 is 1.25 bits per heavy atom. The molecule has 0 saturated heterocycles. The molecule has 0 aromatic carbocycles. The second-order valence-electron chi connectivity index (χ2n) is 4.55. The number of carbonyl (C=O) groups is 1. The van der Waals surface area contributed by atoms with Crippen molar-refractivity contribution in [3.63, 3.8) is 0 Å². The highest BCUT2D eigenvalue weighted by atomic mass is 16.1. The molecule has 16 heavy (non-hydrogen) atoms. The van der Waals surface area contributed by atoms with Crippen molar-refractivity contribution in [3.8, 4) is 0 Å². The molecule has 0 spiro atoms. The maximum absolute atomic E-state index is 11.7. The first-order valence-electron chi connectivity index (χ1n) is 6.25. The number of aryl methyl sites for hydroxylation is 1. The van der Waals surface area contributed by atoms with E-state index in [2.05, 4.69) is 22.3 Å². The van der Waals surface area contributed by atoms with E-state index in [1.165, 1.54) is 12.8 Å². The van der Waals surface area contributed by atoms with Crippen molar-refractivity contribution in [1.82, 2.24) is 9.88 Å².